The van der Waals surface area contributed by atoms with Crippen LogP contribution in [0.2, 0.25) is 0 Å². The number of thiazole rings is 1. The van der Waals surface area contributed by atoms with Gasteiger partial charge in [0.1, 0.15) is 5.82 Å². The molecule has 1 aliphatic heterocycles. The molecule has 0 spiro atoms. The molecule has 3 aromatic heterocycles. The van der Waals surface area contributed by atoms with E-state index < -0.39 is 5.97 Å². The molecule has 0 atom stereocenters. The molecular formula is C32H32N6O3S. The third-order valence-electron chi connectivity index (χ3n) is 7.46. The number of amides is 1. The van der Waals surface area contributed by atoms with Crippen LogP contribution in [0.25, 0.3) is 21.3 Å². The second kappa shape index (κ2) is 10.7. The molecule has 0 fully saturated rings. The lowest BCUT2D eigenvalue weighted by Crippen LogP contribution is -2.33. The highest BCUT2D eigenvalue weighted by Gasteiger charge is 2.26. The number of carbonyl (C=O) groups excluding carboxylic acids is 1. The molecule has 0 radical (unpaired) electrons. The fraction of sp³-hybridized carbons (Fsp3) is 0.281. The molecule has 214 valence electrons. The molecule has 6 rings (SSSR count). The van der Waals surface area contributed by atoms with E-state index in [1.165, 1.54) is 11.3 Å². The zero-order chi connectivity index (χ0) is 29.6. The summed E-state index contributed by atoms with van der Waals surface area (Å²) < 4.78 is 2.92. The number of carboxylic acids is 1. The fourth-order valence-electron chi connectivity index (χ4n) is 5.40. The summed E-state index contributed by atoms with van der Waals surface area (Å²) in [5.74, 6) is -0.754. The summed E-state index contributed by atoms with van der Waals surface area (Å²) in [7, 11) is 0. The van der Waals surface area contributed by atoms with Crippen molar-refractivity contribution in [3.8, 4) is 11.1 Å². The summed E-state index contributed by atoms with van der Waals surface area (Å²) in [5, 5.41) is 18.2. The van der Waals surface area contributed by atoms with E-state index in [0.717, 1.165) is 39.1 Å². The number of hydrogen-bond donors (Lipinski definition) is 2. The van der Waals surface area contributed by atoms with Crippen LogP contribution in [-0.4, -0.2) is 43.3 Å². The monoisotopic (exact) mass is 580 g/mol. The van der Waals surface area contributed by atoms with Crippen LogP contribution in [0.5, 0.6) is 0 Å². The van der Waals surface area contributed by atoms with E-state index in [-0.39, 0.29) is 17.0 Å². The molecule has 1 amide bonds. The minimum atomic E-state index is -1.09. The van der Waals surface area contributed by atoms with E-state index >= 15 is 0 Å². The van der Waals surface area contributed by atoms with Gasteiger partial charge in [-0.25, -0.2) is 14.8 Å². The smallest absolute Gasteiger partial charge is 0.355 e. The number of para-hydroxylation sites is 1. The highest BCUT2D eigenvalue weighted by atomic mass is 32.1. The maximum atomic E-state index is 13.4. The molecule has 0 saturated carbocycles. The topological polar surface area (TPSA) is 113 Å². The minimum Gasteiger partial charge on any atom is -0.476 e. The van der Waals surface area contributed by atoms with Crippen LogP contribution in [0.1, 0.15) is 58.4 Å². The van der Waals surface area contributed by atoms with E-state index in [0.29, 0.717) is 41.6 Å². The van der Waals surface area contributed by atoms with Crippen LogP contribution in [0.15, 0.2) is 60.8 Å². The van der Waals surface area contributed by atoms with Crippen LogP contribution >= 0.6 is 11.3 Å². The zero-order valence-electron chi connectivity index (χ0n) is 24.0. The van der Waals surface area contributed by atoms with Crippen LogP contribution < -0.4 is 10.2 Å². The molecule has 5 aromatic rings. The third-order valence-corrected chi connectivity index (χ3v) is 8.41. The van der Waals surface area contributed by atoms with Crippen molar-refractivity contribution in [3.63, 3.8) is 0 Å². The molecule has 0 saturated heterocycles. The van der Waals surface area contributed by atoms with Gasteiger partial charge in [-0.05, 0) is 60.2 Å². The molecule has 10 heteroatoms. The molecule has 0 bridgehead atoms. The van der Waals surface area contributed by atoms with Gasteiger partial charge in [-0.15, -0.1) is 0 Å². The Hall–Kier alpha value is -4.57. The van der Waals surface area contributed by atoms with Gasteiger partial charge in [0.05, 0.1) is 16.4 Å². The Morgan fingerprint density at radius 2 is 1.83 bits per heavy atom. The Kier molecular flexibility index (Phi) is 7.02. The maximum Gasteiger partial charge on any atom is 0.355 e. The number of nitrogens with one attached hydrogen (secondary N) is 1. The van der Waals surface area contributed by atoms with Gasteiger partial charge >= 0.3 is 5.97 Å². The SMILES string of the molecule is Cc1c(-c2ccc(N3CCc4cccc(C(=O)Nc5nc6ccccc6s5)c4C3)nc2C(=O)O)cnn1CC(C)(C)C. The molecule has 2 N–H and O–H groups in total. The van der Waals surface area contributed by atoms with Crippen molar-refractivity contribution in [1.82, 2.24) is 19.7 Å². The van der Waals surface area contributed by atoms with Crippen molar-refractivity contribution < 1.29 is 14.7 Å². The number of anilines is 2. The second-order valence-corrected chi connectivity index (χ2v) is 12.8. The van der Waals surface area contributed by atoms with Gasteiger partial charge in [-0.1, -0.05) is 56.4 Å². The van der Waals surface area contributed by atoms with Crippen LogP contribution in [-0.2, 0) is 19.5 Å². The number of rotatable bonds is 6. The average Bonchev–Trinajstić information content (AvgIpc) is 3.53. The first-order valence-corrected chi connectivity index (χ1v) is 14.7. The van der Waals surface area contributed by atoms with Crippen molar-refractivity contribution in [2.75, 3.05) is 16.8 Å². The second-order valence-electron chi connectivity index (χ2n) is 11.8. The van der Waals surface area contributed by atoms with Crippen LogP contribution in [0.3, 0.4) is 0 Å². The Morgan fingerprint density at radius 3 is 2.60 bits per heavy atom. The number of hydrogen-bond acceptors (Lipinski definition) is 7. The average molecular weight is 581 g/mol. The maximum absolute atomic E-state index is 13.4. The number of fused-ring (bicyclic) bond motifs is 2. The summed E-state index contributed by atoms with van der Waals surface area (Å²) >= 11 is 1.44. The Balaban J connectivity index is 1.28. The Bertz CT molecular complexity index is 1800. The zero-order valence-corrected chi connectivity index (χ0v) is 24.8. The quantitative estimate of drug-likeness (QED) is 0.238. The summed E-state index contributed by atoms with van der Waals surface area (Å²) in [6.07, 6.45) is 2.43. The number of carbonyl (C=O) groups is 2. The van der Waals surface area contributed by atoms with Crippen LogP contribution in [0, 0.1) is 12.3 Å². The summed E-state index contributed by atoms with van der Waals surface area (Å²) in [6.45, 7) is 10.2. The highest BCUT2D eigenvalue weighted by Crippen LogP contribution is 2.32. The fourth-order valence-corrected chi connectivity index (χ4v) is 6.27. The van der Waals surface area contributed by atoms with E-state index in [4.69, 9.17) is 0 Å². The number of pyridine rings is 1. The number of aromatic carboxylic acids is 1. The molecule has 0 unspecified atom stereocenters. The van der Waals surface area contributed by atoms with Gasteiger partial charge in [-0.2, -0.15) is 5.10 Å². The third kappa shape index (κ3) is 5.37. The van der Waals surface area contributed by atoms with Crippen molar-refractivity contribution in [2.24, 2.45) is 5.41 Å². The predicted octanol–water partition coefficient (Wildman–Crippen LogP) is 6.42. The molecule has 4 heterocycles. The van der Waals surface area contributed by atoms with Crippen molar-refractivity contribution in [1.29, 1.82) is 0 Å². The highest BCUT2D eigenvalue weighted by molar-refractivity contribution is 7.22. The van der Waals surface area contributed by atoms with E-state index in [1.54, 1.807) is 6.20 Å². The van der Waals surface area contributed by atoms with Gasteiger partial charge in [0, 0.05) is 42.0 Å². The lowest BCUT2D eigenvalue weighted by atomic mass is 9.94. The first-order chi connectivity index (χ1) is 20.1. The van der Waals surface area contributed by atoms with Crippen molar-refractivity contribution in [2.45, 2.75) is 47.2 Å². The standard InChI is InChI=1S/C32H32N6O3S/c1-19-23(16-33-38(19)18-32(2,3)4)21-12-13-27(35-28(21)30(40)41)37-15-14-20-8-7-9-22(24(20)17-37)29(39)36-31-34-25-10-5-6-11-26(25)42-31/h5-13,16H,14-15,17-18H2,1-4H3,(H,40,41)(H,34,36,39). The normalized spacial score (nSPS) is 13.3. The molecule has 9 nitrogen and oxygen atoms in total. The van der Waals surface area contributed by atoms with Crippen LogP contribution in [0.4, 0.5) is 10.9 Å². The summed E-state index contributed by atoms with van der Waals surface area (Å²) in [4.78, 5) is 37.0. The minimum absolute atomic E-state index is 0.0152. The van der Waals surface area contributed by atoms with Crippen molar-refractivity contribution in [3.05, 3.63) is 88.9 Å². The first-order valence-electron chi connectivity index (χ1n) is 13.9. The number of aromatic nitrogens is 4. The molecule has 42 heavy (non-hydrogen) atoms. The molecule has 2 aromatic carbocycles. The number of benzene rings is 2. The summed E-state index contributed by atoms with van der Waals surface area (Å²) in [6, 6.07) is 17.2. The van der Waals surface area contributed by atoms with Gasteiger partial charge in [0.15, 0.2) is 10.8 Å². The first kappa shape index (κ1) is 27.6. The summed E-state index contributed by atoms with van der Waals surface area (Å²) in [5.41, 5.74) is 5.64. The predicted molar refractivity (Wildman–Crippen MR) is 165 cm³/mol. The van der Waals surface area contributed by atoms with Crippen molar-refractivity contribution >= 4 is 44.4 Å². The lowest BCUT2D eigenvalue weighted by molar-refractivity contribution is 0.0691. The number of carboxylic acid groups (broad SMARTS) is 1. The van der Waals surface area contributed by atoms with E-state index in [2.05, 4.69) is 41.2 Å². The van der Waals surface area contributed by atoms with Gasteiger partial charge < -0.3 is 10.0 Å². The van der Waals surface area contributed by atoms with Gasteiger partial charge in [-0.3, -0.25) is 14.8 Å². The Labute approximate surface area is 247 Å². The largest absolute Gasteiger partial charge is 0.476 e. The van der Waals surface area contributed by atoms with E-state index in [1.807, 2.05) is 71.1 Å². The number of nitrogens with zero attached hydrogens (tertiary/aromatic N) is 5. The molecular weight excluding hydrogens is 548 g/mol. The molecule has 1 aliphatic rings. The van der Waals surface area contributed by atoms with E-state index in [9.17, 15) is 14.7 Å². The van der Waals surface area contributed by atoms with Gasteiger partial charge in [0.25, 0.3) is 5.91 Å². The van der Waals surface area contributed by atoms with Gasteiger partial charge in [0.2, 0.25) is 0 Å². The molecule has 0 aliphatic carbocycles. The Morgan fingerprint density at radius 1 is 1.02 bits per heavy atom. The lowest BCUT2D eigenvalue weighted by Gasteiger charge is -2.31.